The Labute approximate surface area is 124 Å². The minimum absolute atomic E-state index is 0.0604. The number of rotatable bonds is 7. The number of carbonyl (C=O) groups is 1. The van der Waals surface area contributed by atoms with Crippen LogP contribution in [0.3, 0.4) is 0 Å². The van der Waals surface area contributed by atoms with E-state index in [1.807, 2.05) is 14.1 Å². The van der Waals surface area contributed by atoms with Gasteiger partial charge in [0.15, 0.2) is 0 Å². The summed E-state index contributed by atoms with van der Waals surface area (Å²) in [5, 5.41) is 6.71. The summed E-state index contributed by atoms with van der Waals surface area (Å²) in [5.41, 5.74) is 0.664. The Kier molecular flexibility index (Phi) is 6.99. The minimum Gasteiger partial charge on any atom is -0.375 e. The lowest BCUT2D eigenvalue weighted by Gasteiger charge is -2.11. The Morgan fingerprint density at radius 2 is 2.05 bits per heavy atom. The standard InChI is InChI=1S/C13H19Cl2N3O/c1-18(2)8-4-7-16-12(19)9-17-11-6-3-5-10(14)13(11)15/h3,5-6,17H,4,7-9H2,1-2H3,(H,16,19). The first kappa shape index (κ1) is 16.1. The molecule has 0 aliphatic rings. The third-order valence-corrected chi connectivity index (χ3v) is 3.31. The second kappa shape index (κ2) is 8.25. The van der Waals surface area contributed by atoms with Gasteiger partial charge in [0.25, 0.3) is 0 Å². The van der Waals surface area contributed by atoms with Crippen molar-refractivity contribution < 1.29 is 4.79 Å². The highest BCUT2D eigenvalue weighted by molar-refractivity contribution is 6.43. The molecule has 106 valence electrons. The lowest BCUT2D eigenvalue weighted by molar-refractivity contribution is -0.119. The van der Waals surface area contributed by atoms with E-state index in [1.54, 1.807) is 18.2 Å². The smallest absolute Gasteiger partial charge is 0.239 e. The van der Waals surface area contributed by atoms with Crippen LogP contribution in [-0.4, -0.2) is 44.5 Å². The van der Waals surface area contributed by atoms with E-state index in [1.165, 1.54) is 0 Å². The fourth-order valence-electron chi connectivity index (χ4n) is 1.50. The maximum Gasteiger partial charge on any atom is 0.239 e. The molecule has 19 heavy (non-hydrogen) atoms. The van der Waals surface area contributed by atoms with Crippen LogP contribution >= 0.6 is 23.2 Å². The molecule has 0 aromatic heterocycles. The van der Waals surface area contributed by atoms with Gasteiger partial charge in [0.2, 0.25) is 5.91 Å². The molecule has 0 bridgehead atoms. The summed E-state index contributed by atoms with van der Waals surface area (Å²) in [5.74, 6) is -0.0604. The highest BCUT2D eigenvalue weighted by atomic mass is 35.5. The number of halogens is 2. The molecule has 0 saturated heterocycles. The molecule has 0 atom stereocenters. The number of nitrogens with zero attached hydrogens (tertiary/aromatic N) is 1. The summed E-state index contributed by atoms with van der Waals surface area (Å²) in [6, 6.07) is 5.27. The summed E-state index contributed by atoms with van der Waals surface area (Å²) >= 11 is 11.9. The van der Waals surface area contributed by atoms with E-state index in [0.717, 1.165) is 13.0 Å². The van der Waals surface area contributed by atoms with E-state index in [2.05, 4.69) is 15.5 Å². The Morgan fingerprint density at radius 1 is 1.32 bits per heavy atom. The fraction of sp³-hybridized carbons (Fsp3) is 0.462. The van der Waals surface area contributed by atoms with Crippen molar-refractivity contribution in [2.45, 2.75) is 6.42 Å². The lowest BCUT2D eigenvalue weighted by Crippen LogP contribution is -2.32. The molecule has 0 saturated carbocycles. The molecule has 0 radical (unpaired) electrons. The van der Waals surface area contributed by atoms with Gasteiger partial charge in [0.1, 0.15) is 0 Å². The number of benzene rings is 1. The van der Waals surface area contributed by atoms with Crippen LogP contribution in [0.5, 0.6) is 0 Å². The number of anilines is 1. The predicted octanol–water partition coefficient (Wildman–Crippen LogP) is 2.47. The number of nitrogens with one attached hydrogen (secondary N) is 2. The van der Waals surface area contributed by atoms with Crippen molar-refractivity contribution in [3.8, 4) is 0 Å². The van der Waals surface area contributed by atoms with Gasteiger partial charge in [-0.3, -0.25) is 4.79 Å². The van der Waals surface area contributed by atoms with Crippen molar-refractivity contribution >= 4 is 34.8 Å². The van der Waals surface area contributed by atoms with Gasteiger partial charge in [-0.05, 0) is 39.2 Å². The number of hydrogen-bond donors (Lipinski definition) is 2. The van der Waals surface area contributed by atoms with Crippen LogP contribution in [0.1, 0.15) is 6.42 Å². The Morgan fingerprint density at radius 3 is 2.74 bits per heavy atom. The number of hydrogen-bond acceptors (Lipinski definition) is 3. The molecular weight excluding hydrogens is 285 g/mol. The molecule has 0 aliphatic carbocycles. The number of amides is 1. The molecule has 1 rings (SSSR count). The highest BCUT2D eigenvalue weighted by Crippen LogP contribution is 2.29. The van der Waals surface area contributed by atoms with Crippen LogP contribution < -0.4 is 10.6 Å². The number of carbonyl (C=O) groups excluding carboxylic acids is 1. The van der Waals surface area contributed by atoms with Crippen LogP contribution in [0.25, 0.3) is 0 Å². The van der Waals surface area contributed by atoms with Crippen LogP contribution in [0.15, 0.2) is 18.2 Å². The molecule has 1 amide bonds. The van der Waals surface area contributed by atoms with Gasteiger partial charge in [-0.25, -0.2) is 0 Å². The van der Waals surface area contributed by atoms with E-state index in [-0.39, 0.29) is 12.5 Å². The first-order valence-electron chi connectivity index (χ1n) is 6.10. The van der Waals surface area contributed by atoms with Gasteiger partial charge in [0.05, 0.1) is 22.3 Å². The topological polar surface area (TPSA) is 44.4 Å². The molecule has 0 fully saturated rings. The van der Waals surface area contributed by atoms with Crippen molar-refractivity contribution in [2.24, 2.45) is 0 Å². The quantitative estimate of drug-likeness (QED) is 0.761. The van der Waals surface area contributed by atoms with Crippen LogP contribution in [-0.2, 0) is 4.79 Å². The van der Waals surface area contributed by atoms with Gasteiger partial charge >= 0.3 is 0 Å². The second-order valence-electron chi connectivity index (χ2n) is 4.46. The van der Waals surface area contributed by atoms with Crippen molar-refractivity contribution in [3.05, 3.63) is 28.2 Å². The predicted molar refractivity (Wildman–Crippen MR) is 81.1 cm³/mol. The Bertz CT molecular complexity index is 424. The Balaban J connectivity index is 2.28. The van der Waals surface area contributed by atoms with Gasteiger partial charge in [-0.15, -0.1) is 0 Å². The monoisotopic (exact) mass is 303 g/mol. The molecule has 1 aromatic rings. The normalized spacial score (nSPS) is 10.6. The Hall–Kier alpha value is -0.970. The molecule has 6 heteroatoms. The van der Waals surface area contributed by atoms with Gasteiger partial charge in [-0.2, -0.15) is 0 Å². The third-order valence-electron chi connectivity index (χ3n) is 2.50. The summed E-state index contributed by atoms with van der Waals surface area (Å²) in [6.07, 6.45) is 0.927. The summed E-state index contributed by atoms with van der Waals surface area (Å²) in [6.45, 7) is 1.80. The molecule has 0 unspecified atom stereocenters. The van der Waals surface area contributed by atoms with Crippen molar-refractivity contribution in [2.75, 3.05) is 39.0 Å². The molecule has 2 N–H and O–H groups in total. The van der Waals surface area contributed by atoms with E-state index < -0.39 is 0 Å². The zero-order chi connectivity index (χ0) is 14.3. The minimum atomic E-state index is -0.0604. The third kappa shape index (κ3) is 6.14. The molecule has 0 heterocycles. The van der Waals surface area contributed by atoms with E-state index in [9.17, 15) is 4.79 Å². The first-order valence-corrected chi connectivity index (χ1v) is 6.85. The van der Waals surface area contributed by atoms with Crippen molar-refractivity contribution in [1.82, 2.24) is 10.2 Å². The first-order chi connectivity index (χ1) is 9.00. The van der Waals surface area contributed by atoms with Crippen LogP contribution in [0, 0.1) is 0 Å². The molecule has 0 aliphatic heterocycles. The molecule has 1 aromatic carbocycles. The summed E-state index contributed by atoms with van der Waals surface area (Å²) in [4.78, 5) is 13.7. The second-order valence-corrected chi connectivity index (χ2v) is 5.25. The summed E-state index contributed by atoms with van der Waals surface area (Å²) in [7, 11) is 4.01. The maximum atomic E-state index is 11.6. The van der Waals surface area contributed by atoms with Crippen molar-refractivity contribution in [3.63, 3.8) is 0 Å². The SMILES string of the molecule is CN(C)CCCNC(=O)CNc1cccc(Cl)c1Cl. The fourth-order valence-corrected chi connectivity index (χ4v) is 1.87. The largest absolute Gasteiger partial charge is 0.375 e. The molecule has 0 spiro atoms. The van der Waals surface area contributed by atoms with Crippen LogP contribution in [0.2, 0.25) is 10.0 Å². The van der Waals surface area contributed by atoms with E-state index in [4.69, 9.17) is 23.2 Å². The lowest BCUT2D eigenvalue weighted by atomic mass is 10.3. The average Bonchev–Trinajstić information content (AvgIpc) is 2.36. The highest BCUT2D eigenvalue weighted by Gasteiger charge is 2.06. The van der Waals surface area contributed by atoms with Gasteiger partial charge in [0, 0.05) is 6.54 Å². The van der Waals surface area contributed by atoms with E-state index >= 15 is 0 Å². The van der Waals surface area contributed by atoms with Crippen molar-refractivity contribution in [1.29, 1.82) is 0 Å². The van der Waals surface area contributed by atoms with E-state index in [0.29, 0.717) is 22.3 Å². The van der Waals surface area contributed by atoms with Gasteiger partial charge < -0.3 is 15.5 Å². The van der Waals surface area contributed by atoms with Gasteiger partial charge in [-0.1, -0.05) is 29.3 Å². The molecular formula is C13H19Cl2N3O. The zero-order valence-corrected chi connectivity index (χ0v) is 12.7. The average molecular weight is 304 g/mol. The zero-order valence-electron chi connectivity index (χ0n) is 11.2. The summed E-state index contributed by atoms with van der Waals surface area (Å²) < 4.78 is 0. The molecule has 4 nitrogen and oxygen atoms in total. The van der Waals surface area contributed by atoms with Crippen LogP contribution in [0.4, 0.5) is 5.69 Å². The maximum absolute atomic E-state index is 11.6.